The summed E-state index contributed by atoms with van der Waals surface area (Å²) in [6.07, 6.45) is 3.36. The van der Waals surface area contributed by atoms with E-state index in [1.54, 1.807) is 43.9 Å². The first-order valence-corrected chi connectivity index (χ1v) is 16.8. The van der Waals surface area contributed by atoms with Crippen molar-refractivity contribution in [2.45, 2.75) is 112 Å². The Morgan fingerprint density at radius 1 is 0.936 bits per heavy atom. The highest BCUT2D eigenvalue weighted by atomic mass is 16.7. The van der Waals surface area contributed by atoms with Gasteiger partial charge in [-0.25, -0.2) is 4.79 Å². The molecule has 0 aromatic heterocycles. The zero-order valence-electron chi connectivity index (χ0n) is 30.8. The molecular formula is C37H58BN3O6. The zero-order valence-corrected chi connectivity index (χ0v) is 30.8. The summed E-state index contributed by atoms with van der Waals surface area (Å²) in [7, 11) is -0.0648. The number of hydrogen-bond donors (Lipinski definition) is 1. The first-order valence-electron chi connectivity index (χ1n) is 16.8. The fourth-order valence-electron chi connectivity index (χ4n) is 4.68. The highest BCUT2D eigenvalue weighted by molar-refractivity contribution is 6.43. The number of para-hydroxylation sites is 1. The van der Waals surface area contributed by atoms with E-state index in [0.717, 1.165) is 5.56 Å². The topological polar surface area (TPSA) is 97.4 Å². The largest absolute Gasteiger partial charge is 0.454 e. The molecule has 0 unspecified atom stereocenters. The number of carbonyl (C=O) groups excluding carboxylic acids is 3. The van der Waals surface area contributed by atoms with Crippen molar-refractivity contribution < 1.29 is 28.4 Å². The summed E-state index contributed by atoms with van der Waals surface area (Å²) in [5.74, 6) is -0.449. The molecule has 260 valence electrons. The highest BCUT2D eigenvalue weighted by Crippen LogP contribution is 2.36. The lowest BCUT2D eigenvalue weighted by atomic mass is 9.90. The highest BCUT2D eigenvalue weighted by Gasteiger charge is 2.48. The molecule has 2 aliphatic rings. The molecule has 3 amide bonds. The van der Waals surface area contributed by atoms with Gasteiger partial charge in [0.05, 0.1) is 17.2 Å². The molecule has 2 aliphatic heterocycles. The fourth-order valence-corrected chi connectivity index (χ4v) is 4.68. The van der Waals surface area contributed by atoms with Crippen LogP contribution in [0.25, 0.3) is 6.08 Å². The van der Waals surface area contributed by atoms with E-state index in [1.165, 1.54) is 11.0 Å². The molecule has 0 aliphatic carbocycles. The maximum Gasteiger partial charge on any atom is 0.454 e. The average molecular weight is 652 g/mol. The Balaban J connectivity index is 0.000000661. The van der Waals surface area contributed by atoms with E-state index in [2.05, 4.69) is 33.0 Å². The summed E-state index contributed by atoms with van der Waals surface area (Å²) >= 11 is 0. The lowest BCUT2D eigenvalue weighted by molar-refractivity contribution is -0.130. The lowest BCUT2D eigenvalue weighted by Gasteiger charge is -2.32. The molecule has 2 aromatic rings. The van der Waals surface area contributed by atoms with Gasteiger partial charge in [-0.2, -0.15) is 0 Å². The minimum Gasteiger partial charge on any atom is -0.444 e. The van der Waals surface area contributed by atoms with Crippen molar-refractivity contribution in [2.75, 3.05) is 24.5 Å². The quantitative estimate of drug-likeness (QED) is 0.255. The van der Waals surface area contributed by atoms with Crippen molar-refractivity contribution in [1.82, 2.24) is 10.2 Å². The summed E-state index contributed by atoms with van der Waals surface area (Å²) in [6.45, 7) is 24.4. The molecule has 0 bridgehead atoms. The molecule has 1 atom stereocenters. The van der Waals surface area contributed by atoms with Crippen LogP contribution in [-0.4, -0.2) is 72.4 Å². The standard InChI is InChI=1S/C26H31N3O4.C7H15BO2.2C2H6/c1-26(2,3)33-25(32)27-21-16-17-28(18-21)24(31)19-29(22-12-8-5-9-13-22)23(30)15-14-20-10-6-4-7-11-20;1-6(2)7(3,4)10-8(5)9-6;2*1-2/h4-15,21H,16-19H2,1-3H3,(H,27,32);1-5H3;2*1-2H3/b15-14+;;;/t21-;;;/m0.../s1. The van der Waals surface area contributed by atoms with Crippen molar-refractivity contribution in [1.29, 1.82) is 0 Å². The summed E-state index contributed by atoms with van der Waals surface area (Å²) in [4.78, 5) is 41.2. The third-order valence-electron chi connectivity index (χ3n) is 7.48. The number of likely N-dealkylation sites (tertiary alicyclic amines) is 1. The van der Waals surface area contributed by atoms with Crippen LogP contribution < -0.4 is 10.2 Å². The van der Waals surface area contributed by atoms with Gasteiger partial charge in [0.1, 0.15) is 12.1 Å². The molecule has 1 N–H and O–H groups in total. The van der Waals surface area contributed by atoms with Crippen LogP contribution in [-0.2, 0) is 23.6 Å². The van der Waals surface area contributed by atoms with Gasteiger partial charge in [-0.05, 0) is 85.5 Å². The molecular weight excluding hydrogens is 593 g/mol. The second-order valence-corrected chi connectivity index (χ2v) is 12.8. The van der Waals surface area contributed by atoms with Gasteiger partial charge in [0, 0.05) is 24.9 Å². The van der Waals surface area contributed by atoms with Gasteiger partial charge >= 0.3 is 13.2 Å². The van der Waals surface area contributed by atoms with Crippen LogP contribution >= 0.6 is 0 Å². The maximum absolute atomic E-state index is 13.0. The predicted octanol–water partition coefficient (Wildman–Crippen LogP) is 7.62. The van der Waals surface area contributed by atoms with Gasteiger partial charge in [0.25, 0.3) is 5.91 Å². The molecule has 2 fully saturated rings. The van der Waals surface area contributed by atoms with Crippen LogP contribution in [0.15, 0.2) is 66.7 Å². The van der Waals surface area contributed by atoms with Gasteiger partial charge in [-0.1, -0.05) is 76.2 Å². The number of anilines is 1. The zero-order chi connectivity index (χ0) is 35.8. The summed E-state index contributed by atoms with van der Waals surface area (Å²) in [5, 5.41) is 2.82. The molecule has 2 heterocycles. The number of hydrogen-bond acceptors (Lipinski definition) is 6. The molecule has 9 nitrogen and oxygen atoms in total. The average Bonchev–Trinajstić information content (AvgIpc) is 3.56. The first-order chi connectivity index (χ1) is 22.1. The molecule has 0 spiro atoms. The first kappa shape index (κ1) is 41.4. The minimum absolute atomic E-state index is 0.0648. The van der Waals surface area contributed by atoms with E-state index < -0.39 is 11.7 Å². The van der Waals surface area contributed by atoms with E-state index in [1.807, 2.05) is 83.0 Å². The van der Waals surface area contributed by atoms with Gasteiger partial charge in [-0.15, -0.1) is 0 Å². The van der Waals surface area contributed by atoms with E-state index >= 15 is 0 Å². The monoisotopic (exact) mass is 651 g/mol. The Labute approximate surface area is 284 Å². The second kappa shape index (κ2) is 19.3. The molecule has 2 saturated heterocycles. The van der Waals surface area contributed by atoms with Crippen LogP contribution in [0.4, 0.5) is 10.5 Å². The normalized spacial score (nSPS) is 17.7. The smallest absolute Gasteiger partial charge is 0.444 e. The Morgan fingerprint density at radius 3 is 1.91 bits per heavy atom. The fraction of sp³-hybridized carbons (Fsp3) is 0.541. The predicted molar refractivity (Wildman–Crippen MR) is 193 cm³/mol. The molecule has 0 radical (unpaired) electrons. The summed E-state index contributed by atoms with van der Waals surface area (Å²) in [6, 6.07) is 18.5. The van der Waals surface area contributed by atoms with E-state index in [9.17, 15) is 14.4 Å². The van der Waals surface area contributed by atoms with Crippen molar-refractivity contribution >= 4 is 36.8 Å². The van der Waals surface area contributed by atoms with E-state index in [4.69, 9.17) is 14.0 Å². The van der Waals surface area contributed by atoms with Gasteiger partial charge in [-0.3, -0.25) is 14.5 Å². The summed E-state index contributed by atoms with van der Waals surface area (Å²) in [5.41, 5.74) is 0.651. The van der Waals surface area contributed by atoms with Crippen molar-refractivity contribution in [2.24, 2.45) is 0 Å². The van der Waals surface area contributed by atoms with E-state index in [-0.39, 0.29) is 42.7 Å². The number of nitrogens with one attached hydrogen (secondary N) is 1. The van der Waals surface area contributed by atoms with Crippen LogP contribution in [0, 0.1) is 0 Å². The number of benzene rings is 2. The van der Waals surface area contributed by atoms with Gasteiger partial charge < -0.3 is 24.3 Å². The third kappa shape index (κ3) is 13.9. The van der Waals surface area contributed by atoms with Gasteiger partial charge in [0.2, 0.25) is 5.91 Å². The van der Waals surface area contributed by atoms with Crippen molar-refractivity contribution in [3.63, 3.8) is 0 Å². The Morgan fingerprint density at radius 2 is 1.45 bits per heavy atom. The Bertz CT molecular complexity index is 1250. The van der Waals surface area contributed by atoms with Crippen LogP contribution in [0.5, 0.6) is 0 Å². The number of rotatable bonds is 6. The lowest BCUT2D eigenvalue weighted by Crippen LogP contribution is -2.44. The summed E-state index contributed by atoms with van der Waals surface area (Å²) < 4.78 is 16.4. The van der Waals surface area contributed by atoms with Crippen molar-refractivity contribution in [3.8, 4) is 0 Å². The van der Waals surface area contributed by atoms with Crippen LogP contribution in [0.3, 0.4) is 0 Å². The van der Waals surface area contributed by atoms with Crippen molar-refractivity contribution in [3.05, 3.63) is 72.3 Å². The van der Waals surface area contributed by atoms with Gasteiger partial charge in [0.15, 0.2) is 0 Å². The Hall–Kier alpha value is -3.63. The molecule has 47 heavy (non-hydrogen) atoms. The maximum atomic E-state index is 13.0. The molecule has 4 rings (SSSR count). The third-order valence-corrected chi connectivity index (χ3v) is 7.48. The minimum atomic E-state index is -0.581. The number of nitrogens with zero attached hydrogens (tertiary/aromatic N) is 2. The number of alkyl carbamates (subject to hydrolysis) is 1. The molecule has 10 heteroatoms. The Kier molecular flexibility index (Phi) is 17.0. The van der Waals surface area contributed by atoms with E-state index in [0.29, 0.717) is 25.2 Å². The number of amides is 3. The molecule has 2 aromatic carbocycles. The van der Waals surface area contributed by atoms with Crippen LogP contribution in [0.1, 0.15) is 88.1 Å². The van der Waals surface area contributed by atoms with Crippen LogP contribution in [0.2, 0.25) is 6.82 Å². The number of ether oxygens (including phenoxy) is 1. The molecule has 0 saturated carbocycles. The second-order valence-electron chi connectivity index (χ2n) is 12.8. The SMILES string of the molecule is CB1OC(C)(C)C(C)(C)O1.CC.CC.CC(C)(C)OC(=O)N[C@H]1CCN(C(=O)CN(C(=O)/C=C/c2ccccc2)c2ccccc2)C1. The number of carbonyl (C=O) groups is 3.